The van der Waals surface area contributed by atoms with Gasteiger partial charge in [-0.15, -0.1) is 0 Å². The molecule has 2 amide bonds. The van der Waals surface area contributed by atoms with Crippen molar-refractivity contribution in [3.8, 4) is 0 Å². The van der Waals surface area contributed by atoms with Gasteiger partial charge >= 0.3 is 5.97 Å². The monoisotopic (exact) mass is 356 g/mol. The second kappa shape index (κ2) is 7.86. The summed E-state index contributed by atoms with van der Waals surface area (Å²) in [6.45, 7) is 2.77. The number of rotatable bonds is 6. The maximum absolute atomic E-state index is 12.4. The van der Waals surface area contributed by atoms with Gasteiger partial charge in [0.05, 0.1) is 30.9 Å². The summed E-state index contributed by atoms with van der Waals surface area (Å²) in [5, 5.41) is 2.79. The number of hydrogen-bond donors (Lipinski definition) is 1. The first-order chi connectivity index (χ1) is 12.6. The highest BCUT2D eigenvalue weighted by molar-refractivity contribution is 5.97. The maximum atomic E-state index is 12.4. The van der Waals surface area contributed by atoms with Crippen molar-refractivity contribution < 1.29 is 23.5 Å². The molecule has 1 aliphatic heterocycles. The third kappa shape index (κ3) is 4.11. The number of hydrogen-bond acceptors (Lipinski definition) is 5. The predicted molar refractivity (Wildman–Crippen MR) is 93.3 cm³/mol. The van der Waals surface area contributed by atoms with Gasteiger partial charge in [-0.05, 0) is 43.3 Å². The third-order valence-corrected chi connectivity index (χ3v) is 4.18. The molecular formula is C19H20N2O5. The highest BCUT2D eigenvalue weighted by Crippen LogP contribution is 2.22. The van der Waals surface area contributed by atoms with E-state index in [1.165, 1.54) is 0 Å². The first-order valence-electron chi connectivity index (χ1n) is 8.45. The minimum atomic E-state index is -0.415. The van der Waals surface area contributed by atoms with Crippen molar-refractivity contribution in [3.63, 3.8) is 0 Å². The molecule has 26 heavy (non-hydrogen) atoms. The molecule has 7 nitrogen and oxygen atoms in total. The Morgan fingerprint density at radius 1 is 1.27 bits per heavy atom. The van der Waals surface area contributed by atoms with Crippen LogP contribution in [0.25, 0.3) is 0 Å². The lowest BCUT2D eigenvalue weighted by atomic mass is 10.1. The highest BCUT2D eigenvalue weighted by Gasteiger charge is 2.34. The third-order valence-electron chi connectivity index (χ3n) is 4.18. The van der Waals surface area contributed by atoms with Crippen LogP contribution in [0.4, 0.5) is 5.69 Å². The van der Waals surface area contributed by atoms with Crippen LogP contribution in [0.15, 0.2) is 47.1 Å². The van der Waals surface area contributed by atoms with E-state index < -0.39 is 11.9 Å². The van der Waals surface area contributed by atoms with E-state index in [1.54, 1.807) is 54.5 Å². The molecule has 0 radical (unpaired) electrons. The molecule has 1 saturated heterocycles. The van der Waals surface area contributed by atoms with E-state index in [9.17, 15) is 14.4 Å². The van der Waals surface area contributed by atoms with E-state index in [2.05, 4.69) is 5.32 Å². The summed E-state index contributed by atoms with van der Waals surface area (Å²) in [6, 6.07) is 10.0. The van der Waals surface area contributed by atoms with E-state index >= 15 is 0 Å². The largest absolute Gasteiger partial charge is 0.467 e. The molecule has 1 fully saturated rings. The number of carbonyl (C=O) groups is 3. The number of esters is 1. The van der Waals surface area contributed by atoms with Crippen LogP contribution in [0.2, 0.25) is 0 Å². The van der Waals surface area contributed by atoms with E-state index in [4.69, 9.17) is 9.15 Å². The second-order valence-electron chi connectivity index (χ2n) is 6.04. The minimum absolute atomic E-state index is 0.0702. The van der Waals surface area contributed by atoms with Crippen molar-refractivity contribution in [2.45, 2.75) is 19.9 Å². The molecule has 1 atom stereocenters. The number of amides is 2. The summed E-state index contributed by atoms with van der Waals surface area (Å²) in [6.07, 6.45) is 1.73. The summed E-state index contributed by atoms with van der Waals surface area (Å²) in [4.78, 5) is 37.8. The number of likely N-dealkylation sites (tertiary alicyclic amines) is 1. The standard InChI is InChI=1S/C19H20N2O5/c1-2-25-19(24)13-5-7-15(8-6-13)20-18(23)14-10-17(22)21(11-14)12-16-4-3-9-26-16/h3-9,14H,2,10-12H2,1H3,(H,20,23). The number of carbonyl (C=O) groups excluding carboxylic acids is 3. The van der Waals surface area contributed by atoms with Crippen LogP contribution in [0.1, 0.15) is 29.5 Å². The lowest BCUT2D eigenvalue weighted by Gasteiger charge is -2.15. The summed E-state index contributed by atoms with van der Waals surface area (Å²) >= 11 is 0. The number of nitrogens with one attached hydrogen (secondary N) is 1. The Hall–Kier alpha value is -3.09. The fourth-order valence-corrected chi connectivity index (χ4v) is 2.84. The zero-order valence-corrected chi connectivity index (χ0v) is 14.4. The van der Waals surface area contributed by atoms with Crippen molar-refractivity contribution in [1.29, 1.82) is 0 Å². The Morgan fingerprint density at radius 3 is 2.69 bits per heavy atom. The van der Waals surface area contributed by atoms with Gasteiger partial charge in [0.2, 0.25) is 11.8 Å². The minimum Gasteiger partial charge on any atom is -0.467 e. The fraction of sp³-hybridized carbons (Fsp3) is 0.316. The van der Waals surface area contributed by atoms with Crippen LogP contribution in [0, 0.1) is 5.92 Å². The van der Waals surface area contributed by atoms with Crippen LogP contribution >= 0.6 is 0 Å². The molecule has 7 heteroatoms. The van der Waals surface area contributed by atoms with E-state index in [1.807, 2.05) is 0 Å². The predicted octanol–water partition coefficient (Wildman–Crippen LogP) is 2.44. The Balaban J connectivity index is 1.56. The van der Waals surface area contributed by atoms with E-state index in [0.29, 0.717) is 36.7 Å². The average molecular weight is 356 g/mol. The van der Waals surface area contributed by atoms with Gasteiger partial charge in [-0.2, -0.15) is 0 Å². The zero-order chi connectivity index (χ0) is 18.5. The Labute approximate surface area is 150 Å². The average Bonchev–Trinajstić information content (AvgIpc) is 3.26. The van der Waals surface area contributed by atoms with Crippen LogP contribution < -0.4 is 5.32 Å². The molecule has 0 bridgehead atoms. The lowest BCUT2D eigenvalue weighted by molar-refractivity contribution is -0.128. The number of anilines is 1. The lowest BCUT2D eigenvalue weighted by Crippen LogP contribution is -2.27. The number of ether oxygens (including phenoxy) is 1. The van der Waals surface area contributed by atoms with Gasteiger partial charge < -0.3 is 19.4 Å². The SMILES string of the molecule is CCOC(=O)c1ccc(NC(=O)C2CC(=O)N(Cc3ccco3)C2)cc1. The molecule has 1 unspecified atom stereocenters. The van der Waals surface area contributed by atoms with Crippen LogP contribution in [0.3, 0.4) is 0 Å². The first kappa shape index (κ1) is 17.7. The summed E-state index contributed by atoms with van der Waals surface area (Å²) in [5.74, 6) is -0.417. The smallest absolute Gasteiger partial charge is 0.338 e. The summed E-state index contributed by atoms with van der Waals surface area (Å²) in [5.41, 5.74) is 0.991. The van der Waals surface area contributed by atoms with Crippen LogP contribution in [-0.4, -0.2) is 35.8 Å². The zero-order valence-electron chi connectivity index (χ0n) is 14.4. The number of nitrogens with zero attached hydrogens (tertiary/aromatic N) is 1. The highest BCUT2D eigenvalue weighted by atomic mass is 16.5. The Morgan fingerprint density at radius 2 is 2.04 bits per heavy atom. The van der Waals surface area contributed by atoms with Gasteiger partial charge in [-0.3, -0.25) is 9.59 Å². The molecule has 2 aromatic rings. The molecule has 1 aromatic heterocycles. The normalized spacial score (nSPS) is 16.6. The molecule has 2 heterocycles. The Bertz CT molecular complexity index is 783. The van der Waals surface area contributed by atoms with Gasteiger partial charge in [-0.25, -0.2) is 4.79 Å². The maximum Gasteiger partial charge on any atom is 0.338 e. The van der Waals surface area contributed by atoms with E-state index in [0.717, 1.165) is 0 Å². The molecule has 1 N–H and O–H groups in total. The van der Waals surface area contributed by atoms with Crippen molar-refractivity contribution in [2.75, 3.05) is 18.5 Å². The van der Waals surface area contributed by atoms with Gasteiger partial charge in [0, 0.05) is 18.7 Å². The Kier molecular flexibility index (Phi) is 5.36. The summed E-state index contributed by atoms with van der Waals surface area (Å²) in [7, 11) is 0. The molecule has 0 saturated carbocycles. The molecule has 1 aromatic carbocycles. The molecule has 0 aliphatic carbocycles. The van der Waals surface area contributed by atoms with Crippen molar-refractivity contribution >= 4 is 23.5 Å². The quantitative estimate of drug-likeness (QED) is 0.803. The topological polar surface area (TPSA) is 88.8 Å². The second-order valence-corrected chi connectivity index (χ2v) is 6.04. The molecule has 0 spiro atoms. The van der Waals surface area contributed by atoms with Crippen molar-refractivity contribution in [3.05, 3.63) is 54.0 Å². The first-order valence-corrected chi connectivity index (χ1v) is 8.45. The molecule has 136 valence electrons. The summed E-state index contributed by atoms with van der Waals surface area (Å²) < 4.78 is 10.2. The van der Waals surface area contributed by atoms with Crippen molar-refractivity contribution in [1.82, 2.24) is 4.90 Å². The van der Waals surface area contributed by atoms with Gasteiger partial charge in [0.1, 0.15) is 5.76 Å². The molecule has 1 aliphatic rings. The molecule has 3 rings (SSSR count). The van der Waals surface area contributed by atoms with Crippen LogP contribution in [-0.2, 0) is 20.9 Å². The number of benzene rings is 1. The fourth-order valence-electron chi connectivity index (χ4n) is 2.84. The molecular weight excluding hydrogens is 336 g/mol. The number of furan rings is 1. The van der Waals surface area contributed by atoms with Crippen LogP contribution in [0.5, 0.6) is 0 Å². The van der Waals surface area contributed by atoms with Gasteiger partial charge in [0.15, 0.2) is 0 Å². The van der Waals surface area contributed by atoms with Crippen molar-refractivity contribution in [2.24, 2.45) is 5.92 Å². The van der Waals surface area contributed by atoms with Gasteiger partial charge in [0.25, 0.3) is 0 Å². The van der Waals surface area contributed by atoms with E-state index in [-0.39, 0.29) is 18.2 Å². The van der Waals surface area contributed by atoms with Gasteiger partial charge in [-0.1, -0.05) is 0 Å².